The number of amides is 1. The molecule has 1 amide bonds. The predicted octanol–water partition coefficient (Wildman–Crippen LogP) is 4.58. The van der Waals surface area contributed by atoms with Crippen molar-refractivity contribution in [1.82, 2.24) is 5.32 Å². The second kappa shape index (κ2) is 10.5. The first kappa shape index (κ1) is 24.3. The van der Waals surface area contributed by atoms with Crippen molar-refractivity contribution >= 4 is 18.0 Å². The van der Waals surface area contributed by atoms with Crippen LogP contribution in [0.3, 0.4) is 0 Å². The average molecular weight is 454 g/mol. The zero-order valence-electron chi connectivity index (χ0n) is 19.6. The summed E-state index contributed by atoms with van der Waals surface area (Å²) in [5.41, 5.74) is 3.93. The highest BCUT2D eigenvalue weighted by atomic mass is 16.6. The number of ether oxygens (including phenoxy) is 3. The van der Waals surface area contributed by atoms with Crippen molar-refractivity contribution in [2.24, 2.45) is 0 Å². The molecule has 0 saturated carbocycles. The molecule has 0 aliphatic heterocycles. The lowest BCUT2D eigenvalue weighted by molar-refractivity contribution is -0.155. The molecule has 1 aliphatic carbocycles. The van der Waals surface area contributed by atoms with Gasteiger partial charge >= 0.3 is 18.0 Å². The second-order valence-corrected chi connectivity index (χ2v) is 9.09. The summed E-state index contributed by atoms with van der Waals surface area (Å²) in [6.45, 7) is 6.77. The van der Waals surface area contributed by atoms with E-state index in [1.807, 2.05) is 36.4 Å². The fourth-order valence-electron chi connectivity index (χ4n) is 3.91. The van der Waals surface area contributed by atoms with Crippen molar-refractivity contribution in [3.8, 4) is 11.1 Å². The average Bonchev–Trinajstić information content (AvgIpc) is 3.07. The standard InChI is InChI=1S/C26H31NO6/c1-17(28)31-15-18(13-14-24(29)33-26(2,3)4)27-25(30)32-16-23-21-11-7-5-9-19(21)20-10-6-8-12-22(20)23/h5-12,18,23H,13-16H2,1-4H3,(H,27,30)/t18-/m0/s1. The summed E-state index contributed by atoms with van der Waals surface area (Å²) >= 11 is 0. The van der Waals surface area contributed by atoms with E-state index in [2.05, 4.69) is 17.4 Å². The minimum Gasteiger partial charge on any atom is -0.464 e. The Balaban J connectivity index is 1.59. The van der Waals surface area contributed by atoms with Crippen molar-refractivity contribution in [3.63, 3.8) is 0 Å². The maximum absolute atomic E-state index is 12.6. The van der Waals surface area contributed by atoms with Crippen LogP contribution in [0, 0.1) is 0 Å². The number of carbonyl (C=O) groups is 3. The van der Waals surface area contributed by atoms with Crippen molar-refractivity contribution in [2.75, 3.05) is 13.2 Å². The van der Waals surface area contributed by atoms with E-state index in [1.165, 1.54) is 6.92 Å². The van der Waals surface area contributed by atoms with Crippen molar-refractivity contribution in [3.05, 3.63) is 59.7 Å². The van der Waals surface area contributed by atoms with E-state index in [1.54, 1.807) is 20.8 Å². The van der Waals surface area contributed by atoms with Gasteiger partial charge in [-0.15, -0.1) is 0 Å². The van der Waals surface area contributed by atoms with Gasteiger partial charge in [0, 0.05) is 19.3 Å². The van der Waals surface area contributed by atoms with Crippen LogP contribution >= 0.6 is 0 Å². The highest BCUT2D eigenvalue weighted by molar-refractivity contribution is 5.79. The van der Waals surface area contributed by atoms with E-state index in [0.29, 0.717) is 0 Å². The van der Waals surface area contributed by atoms with Crippen LogP contribution in [0.2, 0.25) is 0 Å². The molecule has 0 bridgehead atoms. The maximum atomic E-state index is 12.6. The Morgan fingerprint density at radius 2 is 1.52 bits per heavy atom. The van der Waals surface area contributed by atoms with Gasteiger partial charge in [0.2, 0.25) is 0 Å². The summed E-state index contributed by atoms with van der Waals surface area (Å²) in [5, 5.41) is 2.72. The van der Waals surface area contributed by atoms with E-state index in [0.717, 1.165) is 22.3 Å². The monoisotopic (exact) mass is 453 g/mol. The summed E-state index contributed by atoms with van der Waals surface area (Å²) in [5.74, 6) is -0.909. The van der Waals surface area contributed by atoms with Gasteiger partial charge in [0.05, 0.1) is 6.04 Å². The van der Waals surface area contributed by atoms with E-state index < -0.39 is 23.7 Å². The quantitative estimate of drug-likeness (QED) is 0.465. The van der Waals surface area contributed by atoms with Crippen LogP contribution in [0.5, 0.6) is 0 Å². The van der Waals surface area contributed by atoms with Crippen LogP contribution in [0.1, 0.15) is 57.6 Å². The Kier molecular flexibility index (Phi) is 7.74. The fraction of sp³-hybridized carbons (Fsp3) is 0.423. The molecule has 3 rings (SSSR count). The first-order valence-corrected chi connectivity index (χ1v) is 11.1. The van der Waals surface area contributed by atoms with E-state index in [-0.39, 0.29) is 37.9 Å². The molecule has 7 nitrogen and oxygen atoms in total. The molecule has 1 N–H and O–H groups in total. The maximum Gasteiger partial charge on any atom is 0.407 e. The Morgan fingerprint density at radius 1 is 0.939 bits per heavy atom. The van der Waals surface area contributed by atoms with E-state index in [4.69, 9.17) is 14.2 Å². The molecule has 176 valence electrons. The van der Waals surface area contributed by atoms with E-state index >= 15 is 0 Å². The van der Waals surface area contributed by atoms with Gasteiger partial charge in [0.25, 0.3) is 0 Å². The number of fused-ring (bicyclic) bond motifs is 3. The topological polar surface area (TPSA) is 90.9 Å². The third kappa shape index (κ3) is 6.81. The van der Waals surface area contributed by atoms with Gasteiger partial charge in [-0.3, -0.25) is 9.59 Å². The predicted molar refractivity (Wildman–Crippen MR) is 124 cm³/mol. The summed E-state index contributed by atoms with van der Waals surface area (Å²) < 4.78 is 15.9. The SMILES string of the molecule is CC(=O)OC[C@H](CCC(=O)OC(C)(C)C)NC(=O)OCC1c2ccccc2-c2ccccc21. The lowest BCUT2D eigenvalue weighted by atomic mass is 9.98. The van der Waals surface area contributed by atoms with Crippen LogP contribution in [-0.4, -0.2) is 42.9 Å². The zero-order chi connectivity index (χ0) is 24.0. The molecule has 33 heavy (non-hydrogen) atoms. The molecule has 7 heteroatoms. The lowest BCUT2D eigenvalue weighted by Crippen LogP contribution is -2.40. The van der Waals surface area contributed by atoms with Gasteiger partial charge in [0.1, 0.15) is 18.8 Å². The summed E-state index contributed by atoms with van der Waals surface area (Å²) in [6.07, 6.45) is -0.294. The minimum atomic E-state index is -0.627. The van der Waals surface area contributed by atoms with Gasteiger partial charge in [-0.05, 0) is 49.4 Å². The van der Waals surface area contributed by atoms with Crippen LogP contribution < -0.4 is 5.32 Å². The van der Waals surface area contributed by atoms with Crippen LogP contribution in [0.4, 0.5) is 4.79 Å². The summed E-state index contributed by atoms with van der Waals surface area (Å²) in [4.78, 5) is 35.8. The largest absolute Gasteiger partial charge is 0.464 e. The fourth-order valence-corrected chi connectivity index (χ4v) is 3.91. The zero-order valence-corrected chi connectivity index (χ0v) is 19.6. The van der Waals surface area contributed by atoms with Gasteiger partial charge in [-0.25, -0.2) is 4.79 Å². The van der Waals surface area contributed by atoms with Crippen LogP contribution in [0.15, 0.2) is 48.5 Å². The van der Waals surface area contributed by atoms with Crippen molar-refractivity contribution in [2.45, 2.75) is 58.1 Å². The third-order valence-corrected chi connectivity index (χ3v) is 5.27. The molecular formula is C26H31NO6. The van der Waals surface area contributed by atoms with Crippen molar-refractivity contribution in [1.29, 1.82) is 0 Å². The van der Waals surface area contributed by atoms with Gasteiger partial charge < -0.3 is 19.5 Å². The molecule has 0 spiro atoms. The van der Waals surface area contributed by atoms with Gasteiger partial charge in [-0.1, -0.05) is 48.5 Å². The molecule has 2 aromatic rings. The smallest absolute Gasteiger partial charge is 0.407 e. The summed E-state index contributed by atoms with van der Waals surface area (Å²) in [6, 6.07) is 15.6. The van der Waals surface area contributed by atoms with E-state index in [9.17, 15) is 14.4 Å². The Labute approximate surface area is 194 Å². The molecule has 0 radical (unpaired) electrons. The Hall–Kier alpha value is -3.35. The second-order valence-electron chi connectivity index (χ2n) is 9.09. The Bertz CT molecular complexity index is 964. The molecule has 1 atom stereocenters. The number of alkyl carbamates (subject to hydrolysis) is 1. The number of hydrogen-bond donors (Lipinski definition) is 1. The molecule has 0 unspecified atom stereocenters. The number of nitrogens with one attached hydrogen (secondary N) is 1. The first-order chi connectivity index (χ1) is 15.6. The number of hydrogen-bond acceptors (Lipinski definition) is 6. The summed E-state index contributed by atoms with van der Waals surface area (Å²) in [7, 11) is 0. The molecule has 0 fully saturated rings. The number of esters is 2. The minimum absolute atomic E-state index is 0.0532. The molecule has 2 aromatic carbocycles. The Morgan fingerprint density at radius 3 is 2.06 bits per heavy atom. The third-order valence-electron chi connectivity index (χ3n) is 5.27. The van der Waals surface area contributed by atoms with Gasteiger partial charge in [-0.2, -0.15) is 0 Å². The molecule has 0 heterocycles. The number of rotatable bonds is 8. The van der Waals surface area contributed by atoms with Crippen LogP contribution in [0.25, 0.3) is 11.1 Å². The molecule has 0 saturated heterocycles. The van der Waals surface area contributed by atoms with Crippen LogP contribution in [-0.2, 0) is 23.8 Å². The molecule has 1 aliphatic rings. The lowest BCUT2D eigenvalue weighted by Gasteiger charge is -2.22. The highest BCUT2D eigenvalue weighted by Gasteiger charge is 2.29. The highest BCUT2D eigenvalue weighted by Crippen LogP contribution is 2.44. The normalized spacial score (nSPS) is 13.5. The van der Waals surface area contributed by atoms with Crippen molar-refractivity contribution < 1.29 is 28.6 Å². The van der Waals surface area contributed by atoms with Gasteiger partial charge in [0.15, 0.2) is 0 Å². The molecule has 0 aromatic heterocycles. The number of benzene rings is 2. The number of carbonyl (C=O) groups excluding carboxylic acids is 3. The molecular weight excluding hydrogens is 422 g/mol. The first-order valence-electron chi connectivity index (χ1n) is 11.1.